The van der Waals surface area contributed by atoms with E-state index in [9.17, 15) is 0 Å². The van der Waals surface area contributed by atoms with Gasteiger partial charge in [-0.25, -0.2) is 4.98 Å². The van der Waals surface area contributed by atoms with Crippen LogP contribution >= 0.6 is 0 Å². The van der Waals surface area contributed by atoms with Crippen LogP contribution in [-0.2, 0) is 12.8 Å². The molecule has 4 nitrogen and oxygen atoms in total. The Labute approximate surface area is 110 Å². The summed E-state index contributed by atoms with van der Waals surface area (Å²) in [5, 5.41) is 0. The smallest absolute Gasteiger partial charge is 0.195 e. The molecule has 1 aliphatic rings. The van der Waals surface area contributed by atoms with E-state index in [0.717, 1.165) is 30.8 Å². The molecule has 18 heavy (non-hydrogen) atoms. The zero-order chi connectivity index (χ0) is 13.0. The molecule has 0 bridgehead atoms. The van der Waals surface area contributed by atoms with E-state index in [2.05, 4.69) is 23.7 Å². The van der Waals surface area contributed by atoms with Crippen molar-refractivity contribution in [1.82, 2.24) is 9.88 Å². The fourth-order valence-electron chi connectivity index (χ4n) is 2.80. The van der Waals surface area contributed by atoms with Gasteiger partial charge in [-0.1, -0.05) is 0 Å². The Morgan fingerprint density at radius 2 is 2.39 bits per heavy atom. The van der Waals surface area contributed by atoms with Gasteiger partial charge in [-0.15, -0.1) is 0 Å². The number of aromatic nitrogens is 1. The van der Waals surface area contributed by atoms with Crippen molar-refractivity contribution in [2.45, 2.75) is 58.0 Å². The zero-order valence-corrected chi connectivity index (χ0v) is 11.6. The summed E-state index contributed by atoms with van der Waals surface area (Å²) in [7, 11) is 0. The Bertz CT molecular complexity index is 362. The van der Waals surface area contributed by atoms with Gasteiger partial charge in [-0.3, -0.25) is 4.90 Å². The van der Waals surface area contributed by atoms with E-state index in [1.807, 2.05) is 0 Å². The summed E-state index contributed by atoms with van der Waals surface area (Å²) in [5.41, 5.74) is 6.55. The first-order valence-corrected chi connectivity index (χ1v) is 7.09. The van der Waals surface area contributed by atoms with E-state index in [0.29, 0.717) is 18.6 Å². The predicted molar refractivity (Wildman–Crippen MR) is 72.4 cm³/mol. The molecule has 0 spiro atoms. The van der Waals surface area contributed by atoms with Gasteiger partial charge in [0.25, 0.3) is 0 Å². The van der Waals surface area contributed by atoms with Crippen LogP contribution in [-0.4, -0.2) is 35.1 Å². The average Bonchev–Trinajstić information content (AvgIpc) is 2.96. The lowest BCUT2D eigenvalue weighted by Gasteiger charge is -2.27. The molecule has 102 valence electrons. The van der Waals surface area contributed by atoms with E-state index in [1.165, 1.54) is 19.4 Å². The molecule has 2 N–H and O–H groups in total. The van der Waals surface area contributed by atoms with E-state index < -0.39 is 0 Å². The first-order valence-electron chi connectivity index (χ1n) is 7.09. The molecule has 2 heterocycles. The molecule has 1 fully saturated rings. The second-order valence-corrected chi connectivity index (χ2v) is 5.46. The minimum atomic E-state index is 0.603. The molecular formula is C14H25N3O. The van der Waals surface area contributed by atoms with Gasteiger partial charge in [-0.05, 0) is 52.6 Å². The van der Waals surface area contributed by atoms with Crippen LogP contribution in [0.25, 0.3) is 0 Å². The highest BCUT2D eigenvalue weighted by Gasteiger charge is 2.27. The molecule has 1 aliphatic heterocycles. The monoisotopic (exact) mass is 251 g/mol. The van der Waals surface area contributed by atoms with Crippen LogP contribution in [0.1, 0.15) is 44.7 Å². The minimum absolute atomic E-state index is 0.603. The normalized spacial score (nSPS) is 21.0. The minimum Gasteiger partial charge on any atom is -0.449 e. The molecule has 1 atom stereocenters. The van der Waals surface area contributed by atoms with Gasteiger partial charge >= 0.3 is 0 Å². The van der Waals surface area contributed by atoms with Crippen molar-refractivity contribution < 1.29 is 4.42 Å². The fraction of sp³-hybridized carbons (Fsp3) is 0.786. The van der Waals surface area contributed by atoms with E-state index in [4.69, 9.17) is 10.2 Å². The van der Waals surface area contributed by atoms with Crippen molar-refractivity contribution in [1.29, 1.82) is 0 Å². The van der Waals surface area contributed by atoms with Crippen molar-refractivity contribution >= 4 is 0 Å². The summed E-state index contributed by atoms with van der Waals surface area (Å²) in [4.78, 5) is 7.12. The summed E-state index contributed by atoms with van der Waals surface area (Å²) >= 11 is 0. The van der Waals surface area contributed by atoms with Crippen LogP contribution in [0.3, 0.4) is 0 Å². The van der Waals surface area contributed by atoms with Crippen molar-refractivity contribution in [3.8, 4) is 0 Å². The topological polar surface area (TPSA) is 55.3 Å². The predicted octanol–water partition coefficient (Wildman–Crippen LogP) is 1.98. The summed E-state index contributed by atoms with van der Waals surface area (Å²) in [6, 6.07) is 1.22. The van der Waals surface area contributed by atoms with Crippen molar-refractivity contribution in [3.63, 3.8) is 0 Å². The SMILES string of the molecule is CC(C)N1CCCC1Cc1nc(CCCN)co1. The Morgan fingerprint density at radius 3 is 3.11 bits per heavy atom. The molecule has 0 amide bonds. The van der Waals surface area contributed by atoms with Crippen LogP contribution in [0.4, 0.5) is 0 Å². The Kier molecular flexibility index (Phi) is 4.78. The van der Waals surface area contributed by atoms with E-state index in [1.54, 1.807) is 6.26 Å². The number of nitrogens with zero attached hydrogens (tertiary/aromatic N) is 2. The van der Waals surface area contributed by atoms with Crippen LogP contribution in [0.15, 0.2) is 10.7 Å². The lowest BCUT2D eigenvalue weighted by Crippen LogP contribution is -2.36. The van der Waals surface area contributed by atoms with E-state index >= 15 is 0 Å². The maximum absolute atomic E-state index is 5.57. The summed E-state index contributed by atoms with van der Waals surface area (Å²) in [5.74, 6) is 0.888. The Balaban J connectivity index is 1.90. The van der Waals surface area contributed by atoms with Crippen molar-refractivity contribution in [3.05, 3.63) is 17.8 Å². The van der Waals surface area contributed by atoms with Gasteiger partial charge in [0.05, 0.1) is 5.69 Å². The number of aryl methyl sites for hydroxylation is 1. The number of rotatable bonds is 6. The molecular weight excluding hydrogens is 226 g/mol. The second-order valence-electron chi connectivity index (χ2n) is 5.46. The number of hydrogen-bond donors (Lipinski definition) is 1. The van der Waals surface area contributed by atoms with Gasteiger partial charge < -0.3 is 10.2 Å². The molecule has 0 saturated carbocycles. The second kappa shape index (κ2) is 6.34. The number of nitrogens with two attached hydrogens (primary N) is 1. The molecule has 1 saturated heterocycles. The van der Waals surface area contributed by atoms with Gasteiger partial charge in [0.2, 0.25) is 0 Å². The highest BCUT2D eigenvalue weighted by atomic mass is 16.3. The molecule has 0 radical (unpaired) electrons. The van der Waals surface area contributed by atoms with Crippen LogP contribution < -0.4 is 5.73 Å². The van der Waals surface area contributed by atoms with Gasteiger partial charge in [0.1, 0.15) is 6.26 Å². The third kappa shape index (κ3) is 3.33. The molecule has 1 aromatic rings. The Hall–Kier alpha value is -0.870. The summed E-state index contributed by atoms with van der Waals surface area (Å²) in [6.45, 7) is 6.45. The lowest BCUT2D eigenvalue weighted by atomic mass is 10.1. The molecule has 2 rings (SSSR count). The largest absolute Gasteiger partial charge is 0.449 e. The standard InChI is InChI=1S/C14H25N3O/c1-11(2)17-8-4-6-13(17)9-14-16-12(10-18-14)5-3-7-15/h10-11,13H,3-9,15H2,1-2H3. The number of hydrogen-bond acceptors (Lipinski definition) is 4. The quantitative estimate of drug-likeness (QED) is 0.840. The summed E-state index contributed by atoms with van der Waals surface area (Å²) in [6.07, 6.45) is 7.20. The Morgan fingerprint density at radius 1 is 1.56 bits per heavy atom. The van der Waals surface area contributed by atoms with Crippen molar-refractivity contribution in [2.24, 2.45) is 5.73 Å². The first-order chi connectivity index (χ1) is 8.70. The third-order valence-electron chi connectivity index (χ3n) is 3.73. The molecule has 4 heteroatoms. The molecule has 1 aromatic heterocycles. The highest BCUT2D eigenvalue weighted by molar-refractivity contribution is 4.99. The fourth-order valence-corrected chi connectivity index (χ4v) is 2.80. The number of likely N-dealkylation sites (tertiary alicyclic amines) is 1. The highest BCUT2D eigenvalue weighted by Crippen LogP contribution is 2.23. The maximum Gasteiger partial charge on any atom is 0.195 e. The van der Waals surface area contributed by atoms with Crippen molar-refractivity contribution in [2.75, 3.05) is 13.1 Å². The van der Waals surface area contributed by atoms with Crippen LogP contribution in [0.2, 0.25) is 0 Å². The average molecular weight is 251 g/mol. The van der Waals surface area contributed by atoms with Crippen LogP contribution in [0.5, 0.6) is 0 Å². The number of oxazole rings is 1. The molecule has 1 unspecified atom stereocenters. The van der Waals surface area contributed by atoms with Gasteiger partial charge in [0.15, 0.2) is 5.89 Å². The third-order valence-corrected chi connectivity index (χ3v) is 3.73. The van der Waals surface area contributed by atoms with Gasteiger partial charge in [-0.2, -0.15) is 0 Å². The van der Waals surface area contributed by atoms with Crippen LogP contribution in [0, 0.1) is 0 Å². The maximum atomic E-state index is 5.57. The summed E-state index contributed by atoms with van der Waals surface area (Å²) < 4.78 is 5.57. The molecule has 0 aliphatic carbocycles. The zero-order valence-electron chi connectivity index (χ0n) is 11.6. The first kappa shape index (κ1) is 13.6. The van der Waals surface area contributed by atoms with E-state index in [-0.39, 0.29) is 0 Å². The van der Waals surface area contributed by atoms with Gasteiger partial charge in [0, 0.05) is 18.5 Å². The molecule has 0 aromatic carbocycles. The lowest BCUT2D eigenvalue weighted by molar-refractivity contribution is 0.195.